The van der Waals surface area contributed by atoms with Gasteiger partial charge in [0.15, 0.2) is 0 Å². The van der Waals surface area contributed by atoms with E-state index >= 15 is 0 Å². The number of alkyl halides is 1. The van der Waals surface area contributed by atoms with Crippen LogP contribution < -0.4 is 11.2 Å². The fraction of sp³-hybridized carbons (Fsp3) is 0.600. The van der Waals surface area contributed by atoms with Gasteiger partial charge in [0.05, 0.1) is 0 Å². The van der Waals surface area contributed by atoms with E-state index in [1.54, 1.807) is 0 Å². The molecule has 4 nitrogen and oxygen atoms in total. The Balaban J connectivity index is 2.92. The molecular weight excluding hydrogens is 295 g/mol. The Bertz CT molecular complexity index is 455. The second-order valence-electron chi connectivity index (χ2n) is 3.70. The Kier molecular flexibility index (Phi) is 5.28. The Morgan fingerprint density at radius 2 is 2.25 bits per heavy atom. The van der Waals surface area contributed by atoms with Crippen molar-refractivity contribution in [1.82, 2.24) is 9.55 Å². The van der Waals surface area contributed by atoms with Gasteiger partial charge < -0.3 is 0 Å². The van der Waals surface area contributed by atoms with Crippen LogP contribution in [0.4, 0.5) is 0 Å². The van der Waals surface area contributed by atoms with Gasteiger partial charge in [0, 0.05) is 18.1 Å². The molecule has 1 heterocycles. The fourth-order valence-corrected chi connectivity index (χ4v) is 2.22. The van der Waals surface area contributed by atoms with Crippen molar-refractivity contribution >= 4 is 27.5 Å². The zero-order valence-corrected chi connectivity index (χ0v) is 11.3. The standard InChI is InChI=1S/C10H14BrClN2O2/c1-2-3-7(4-11)5-14-6-8(12)9(15)13-10(14)16/h6-7H,2-5H2,1H3,(H,13,15,16). The van der Waals surface area contributed by atoms with Crippen LogP contribution in [-0.2, 0) is 6.54 Å². The van der Waals surface area contributed by atoms with Crippen LogP contribution in [0.15, 0.2) is 15.8 Å². The molecule has 0 saturated carbocycles. The number of hydrogen-bond acceptors (Lipinski definition) is 2. The summed E-state index contributed by atoms with van der Waals surface area (Å²) in [5.41, 5.74) is -0.940. The van der Waals surface area contributed by atoms with Crippen LogP contribution in [0.25, 0.3) is 0 Å². The van der Waals surface area contributed by atoms with Gasteiger partial charge in [-0.25, -0.2) is 4.79 Å². The number of aromatic amines is 1. The van der Waals surface area contributed by atoms with Gasteiger partial charge in [-0.3, -0.25) is 14.3 Å². The van der Waals surface area contributed by atoms with Crippen molar-refractivity contribution in [2.24, 2.45) is 5.92 Å². The minimum atomic E-state index is -0.534. The molecule has 1 unspecified atom stereocenters. The van der Waals surface area contributed by atoms with Gasteiger partial charge in [-0.1, -0.05) is 40.9 Å². The molecule has 1 atom stereocenters. The van der Waals surface area contributed by atoms with Gasteiger partial charge >= 0.3 is 5.69 Å². The highest BCUT2D eigenvalue weighted by Crippen LogP contribution is 2.11. The molecule has 0 bridgehead atoms. The van der Waals surface area contributed by atoms with Crippen LogP contribution in [0.3, 0.4) is 0 Å². The molecule has 0 aliphatic rings. The van der Waals surface area contributed by atoms with Crippen molar-refractivity contribution in [2.75, 3.05) is 5.33 Å². The number of aromatic nitrogens is 2. The first-order valence-electron chi connectivity index (χ1n) is 5.13. The summed E-state index contributed by atoms with van der Waals surface area (Å²) >= 11 is 9.09. The van der Waals surface area contributed by atoms with Crippen LogP contribution in [-0.4, -0.2) is 14.9 Å². The molecule has 16 heavy (non-hydrogen) atoms. The first-order chi connectivity index (χ1) is 7.58. The smallest absolute Gasteiger partial charge is 0.299 e. The van der Waals surface area contributed by atoms with Crippen LogP contribution >= 0.6 is 27.5 Å². The molecule has 1 aromatic heterocycles. The zero-order valence-electron chi connectivity index (χ0n) is 9.00. The molecular formula is C10H14BrClN2O2. The van der Waals surface area contributed by atoms with Gasteiger partial charge in [0.1, 0.15) is 5.02 Å². The SMILES string of the molecule is CCCC(CBr)Cn1cc(Cl)c(=O)[nH]c1=O. The first-order valence-corrected chi connectivity index (χ1v) is 6.63. The molecule has 0 radical (unpaired) electrons. The summed E-state index contributed by atoms with van der Waals surface area (Å²) in [6, 6.07) is 0. The molecule has 0 spiro atoms. The Labute approximate surface area is 107 Å². The summed E-state index contributed by atoms with van der Waals surface area (Å²) in [4.78, 5) is 24.7. The van der Waals surface area contributed by atoms with E-state index < -0.39 is 11.2 Å². The Morgan fingerprint density at radius 1 is 1.56 bits per heavy atom. The molecule has 0 aliphatic heterocycles. The van der Waals surface area contributed by atoms with Gasteiger partial charge in [-0.15, -0.1) is 0 Å². The first kappa shape index (κ1) is 13.5. The second-order valence-corrected chi connectivity index (χ2v) is 4.75. The van der Waals surface area contributed by atoms with E-state index in [0.29, 0.717) is 12.5 Å². The minimum absolute atomic E-state index is 0.0458. The van der Waals surface area contributed by atoms with Crippen molar-refractivity contribution in [3.8, 4) is 0 Å². The molecule has 1 rings (SSSR count). The molecule has 1 N–H and O–H groups in total. The van der Waals surface area contributed by atoms with Crippen LogP contribution in [0.1, 0.15) is 19.8 Å². The third-order valence-electron chi connectivity index (χ3n) is 2.34. The van der Waals surface area contributed by atoms with Crippen molar-refractivity contribution in [3.05, 3.63) is 32.1 Å². The van der Waals surface area contributed by atoms with Crippen molar-refractivity contribution in [3.63, 3.8) is 0 Å². The lowest BCUT2D eigenvalue weighted by Gasteiger charge is -2.14. The summed E-state index contributed by atoms with van der Waals surface area (Å²) in [6.07, 6.45) is 3.48. The maximum absolute atomic E-state index is 11.5. The van der Waals surface area contributed by atoms with E-state index in [-0.39, 0.29) is 5.02 Å². The average Bonchev–Trinajstić information content (AvgIpc) is 2.25. The molecule has 90 valence electrons. The van der Waals surface area contributed by atoms with Gasteiger partial charge in [0.2, 0.25) is 0 Å². The number of H-pyrrole nitrogens is 1. The van der Waals surface area contributed by atoms with E-state index in [1.165, 1.54) is 10.8 Å². The molecule has 0 aromatic carbocycles. The fourth-order valence-electron chi connectivity index (χ4n) is 1.52. The molecule has 0 amide bonds. The number of hydrogen-bond donors (Lipinski definition) is 1. The highest BCUT2D eigenvalue weighted by Gasteiger charge is 2.09. The molecule has 0 aliphatic carbocycles. The average molecular weight is 310 g/mol. The number of nitrogens with one attached hydrogen (secondary N) is 1. The van der Waals surface area contributed by atoms with E-state index in [2.05, 4.69) is 27.8 Å². The number of nitrogens with zero attached hydrogens (tertiary/aromatic N) is 1. The summed E-state index contributed by atoms with van der Waals surface area (Å²) in [7, 11) is 0. The Morgan fingerprint density at radius 3 is 2.81 bits per heavy atom. The number of rotatable bonds is 5. The molecule has 0 saturated heterocycles. The lowest BCUT2D eigenvalue weighted by molar-refractivity contribution is 0.442. The van der Waals surface area contributed by atoms with Crippen molar-refractivity contribution < 1.29 is 0 Å². The highest BCUT2D eigenvalue weighted by molar-refractivity contribution is 9.09. The number of halogens is 2. The largest absolute Gasteiger partial charge is 0.328 e. The summed E-state index contributed by atoms with van der Waals surface area (Å²) in [5, 5.41) is 0.869. The van der Waals surface area contributed by atoms with Crippen molar-refractivity contribution in [2.45, 2.75) is 26.3 Å². The third-order valence-corrected chi connectivity index (χ3v) is 3.52. The van der Waals surface area contributed by atoms with Crippen molar-refractivity contribution in [1.29, 1.82) is 0 Å². The second kappa shape index (κ2) is 6.25. The van der Waals surface area contributed by atoms with E-state index in [9.17, 15) is 9.59 Å². The molecule has 0 fully saturated rings. The van der Waals surface area contributed by atoms with Crippen LogP contribution in [0.5, 0.6) is 0 Å². The predicted molar refractivity (Wildman–Crippen MR) is 68.5 cm³/mol. The predicted octanol–water partition coefficient (Wildman–Crippen LogP) is 2.00. The van der Waals surface area contributed by atoms with E-state index in [1.807, 2.05) is 0 Å². The Hall–Kier alpha value is -0.550. The zero-order chi connectivity index (χ0) is 12.1. The monoisotopic (exact) mass is 308 g/mol. The molecule has 1 aromatic rings. The van der Waals surface area contributed by atoms with Gasteiger partial charge in [-0.2, -0.15) is 0 Å². The highest BCUT2D eigenvalue weighted by atomic mass is 79.9. The van der Waals surface area contributed by atoms with Gasteiger partial charge in [-0.05, 0) is 12.3 Å². The summed E-state index contributed by atoms with van der Waals surface area (Å²) < 4.78 is 1.45. The maximum atomic E-state index is 11.5. The topological polar surface area (TPSA) is 54.9 Å². The van der Waals surface area contributed by atoms with Gasteiger partial charge in [0.25, 0.3) is 5.56 Å². The maximum Gasteiger partial charge on any atom is 0.328 e. The van der Waals surface area contributed by atoms with Crippen LogP contribution in [0, 0.1) is 5.92 Å². The summed E-state index contributed by atoms with van der Waals surface area (Å²) in [5.74, 6) is 0.365. The molecule has 6 heteroatoms. The lowest BCUT2D eigenvalue weighted by Crippen LogP contribution is -2.31. The lowest BCUT2D eigenvalue weighted by atomic mass is 10.1. The normalized spacial score (nSPS) is 12.7. The van der Waals surface area contributed by atoms with E-state index in [4.69, 9.17) is 11.6 Å². The quantitative estimate of drug-likeness (QED) is 0.846. The van der Waals surface area contributed by atoms with Crippen LogP contribution in [0.2, 0.25) is 5.02 Å². The van der Waals surface area contributed by atoms with E-state index in [0.717, 1.165) is 18.2 Å². The summed E-state index contributed by atoms with van der Waals surface area (Å²) in [6.45, 7) is 2.66. The third kappa shape index (κ3) is 3.49. The minimum Gasteiger partial charge on any atom is -0.299 e.